The van der Waals surface area contributed by atoms with Crippen LogP contribution >= 0.6 is 0 Å². The maximum absolute atomic E-state index is 12.2. The molecule has 0 spiro atoms. The highest BCUT2D eigenvalue weighted by molar-refractivity contribution is 6.16. The summed E-state index contributed by atoms with van der Waals surface area (Å²) in [4.78, 5) is 27.4. The zero-order chi connectivity index (χ0) is 24.6. The van der Waals surface area contributed by atoms with Crippen molar-refractivity contribution >= 4 is 39.3 Å². The predicted molar refractivity (Wildman–Crippen MR) is 138 cm³/mol. The quantitative estimate of drug-likeness (QED) is 0.305. The molecule has 0 unspecified atom stereocenters. The third kappa shape index (κ3) is 4.32. The number of amides is 2. The Balaban J connectivity index is 1.99. The average molecular weight is 456 g/mol. The normalized spacial score (nSPS) is 12.0. The van der Waals surface area contributed by atoms with Crippen LogP contribution in [0.2, 0.25) is 0 Å². The van der Waals surface area contributed by atoms with E-state index in [-0.39, 0.29) is 12.3 Å². The number of allylic oxidation sites excluding steroid dienone is 1. The highest BCUT2D eigenvalue weighted by atomic mass is 16.3. The Morgan fingerprint density at radius 1 is 1.12 bits per heavy atom. The maximum Gasteiger partial charge on any atom is 0.248 e. The Hall–Kier alpha value is -3.90. The highest BCUT2D eigenvalue weighted by Crippen LogP contribution is 2.40. The van der Waals surface area contributed by atoms with E-state index < -0.39 is 11.5 Å². The molecule has 0 aliphatic heterocycles. The van der Waals surface area contributed by atoms with Crippen LogP contribution in [0.25, 0.3) is 32.9 Å². The molecule has 1 aromatic heterocycles. The van der Waals surface area contributed by atoms with Gasteiger partial charge in [0.1, 0.15) is 0 Å². The molecule has 4 rings (SSSR count). The van der Waals surface area contributed by atoms with Gasteiger partial charge in [-0.15, -0.1) is 0 Å². The first-order chi connectivity index (χ1) is 16.1. The lowest BCUT2D eigenvalue weighted by molar-refractivity contribution is -0.117. The van der Waals surface area contributed by atoms with E-state index in [4.69, 9.17) is 5.73 Å². The molecule has 6 heteroatoms. The van der Waals surface area contributed by atoms with Gasteiger partial charge in [0.05, 0.1) is 17.5 Å². The molecule has 2 amide bonds. The van der Waals surface area contributed by atoms with Gasteiger partial charge < -0.3 is 21.1 Å². The van der Waals surface area contributed by atoms with Crippen LogP contribution in [0, 0.1) is 6.92 Å². The van der Waals surface area contributed by atoms with Crippen molar-refractivity contribution in [2.45, 2.75) is 39.7 Å². The number of benzene rings is 3. The number of fused-ring (bicyclic) bond motifs is 3. The number of aromatic nitrogens is 1. The second kappa shape index (κ2) is 8.80. The average Bonchev–Trinajstić information content (AvgIpc) is 3.14. The standard InChI is InChI=1S/C28H29N3O3/c1-5-7-25(33)30-22-9-6-8-19(16(22)2)20-12-10-17(14-24(29)32)27-26(20)21-13-11-18(28(3,4)34)15-23(21)31-27/h5-13,15,31,34H,14H2,1-4H3,(H2,29,32)(H,30,33)/b7-5+. The number of hydrogen-bond acceptors (Lipinski definition) is 3. The molecule has 0 aliphatic rings. The minimum absolute atomic E-state index is 0.111. The molecule has 0 aliphatic carbocycles. The summed E-state index contributed by atoms with van der Waals surface area (Å²) in [5.74, 6) is -0.592. The van der Waals surface area contributed by atoms with Gasteiger partial charge in [-0.3, -0.25) is 9.59 Å². The lowest BCUT2D eigenvalue weighted by Gasteiger charge is -2.17. The lowest BCUT2D eigenvalue weighted by atomic mass is 9.92. The highest BCUT2D eigenvalue weighted by Gasteiger charge is 2.20. The minimum atomic E-state index is -0.986. The van der Waals surface area contributed by atoms with Gasteiger partial charge in [0, 0.05) is 22.0 Å². The first kappa shape index (κ1) is 23.3. The minimum Gasteiger partial charge on any atom is -0.386 e. The number of carbonyl (C=O) groups is 2. The summed E-state index contributed by atoms with van der Waals surface area (Å²) >= 11 is 0. The number of aromatic amines is 1. The Morgan fingerprint density at radius 3 is 2.56 bits per heavy atom. The number of nitrogens with one attached hydrogen (secondary N) is 2. The van der Waals surface area contributed by atoms with E-state index in [1.165, 1.54) is 6.08 Å². The Labute approximate surface area is 198 Å². The van der Waals surface area contributed by atoms with Crippen LogP contribution in [0.3, 0.4) is 0 Å². The van der Waals surface area contributed by atoms with Crippen LogP contribution in [0.4, 0.5) is 5.69 Å². The van der Waals surface area contributed by atoms with Gasteiger partial charge in [-0.2, -0.15) is 0 Å². The fourth-order valence-corrected chi connectivity index (χ4v) is 4.40. The number of nitrogens with two attached hydrogens (primary N) is 1. The van der Waals surface area contributed by atoms with E-state index in [1.807, 2.05) is 55.5 Å². The van der Waals surface area contributed by atoms with Gasteiger partial charge in [-0.05, 0) is 73.7 Å². The summed E-state index contributed by atoms with van der Waals surface area (Å²) in [5, 5.41) is 15.4. The van der Waals surface area contributed by atoms with Crippen molar-refractivity contribution in [3.63, 3.8) is 0 Å². The zero-order valence-corrected chi connectivity index (χ0v) is 19.8. The number of primary amides is 1. The molecule has 34 heavy (non-hydrogen) atoms. The zero-order valence-electron chi connectivity index (χ0n) is 19.8. The van der Waals surface area contributed by atoms with E-state index in [0.717, 1.165) is 55.3 Å². The summed E-state index contributed by atoms with van der Waals surface area (Å²) in [6.45, 7) is 7.27. The van der Waals surface area contributed by atoms with Crippen molar-refractivity contribution in [3.05, 3.63) is 77.4 Å². The monoisotopic (exact) mass is 455 g/mol. The summed E-state index contributed by atoms with van der Waals surface area (Å²) in [7, 11) is 0. The van der Waals surface area contributed by atoms with Gasteiger partial charge >= 0.3 is 0 Å². The smallest absolute Gasteiger partial charge is 0.248 e. The molecule has 0 radical (unpaired) electrons. The molecule has 6 nitrogen and oxygen atoms in total. The summed E-state index contributed by atoms with van der Waals surface area (Å²) in [6, 6.07) is 15.6. The second-order valence-corrected chi connectivity index (χ2v) is 9.08. The number of anilines is 1. The van der Waals surface area contributed by atoms with Crippen LogP contribution in [0.5, 0.6) is 0 Å². The van der Waals surface area contributed by atoms with E-state index in [9.17, 15) is 14.7 Å². The van der Waals surface area contributed by atoms with Crippen molar-refractivity contribution < 1.29 is 14.7 Å². The van der Waals surface area contributed by atoms with Crippen molar-refractivity contribution in [2.75, 3.05) is 5.32 Å². The Morgan fingerprint density at radius 2 is 1.88 bits per heavy atom. The van der Waals surface area contributed by atoms with E-state index in [2.05, 4.69) is 10.3 Å². The molecule has 1 heterocycles. The van der Waals surface area contributed by atoms with Crippen LogP contribution in [-0.2, 0) is 21.6 Å². The van der Waals surface area contributed by atoms with Gasteiger partial charge in [-0.25, -0.2) is 0 Å². The molecule has 0 fully saturated rings. The van der Waals surface area contributed by atoms with Crippen molar-refractivity contribution in [1.82, 2.24) is 4.98 Å². The molecular formula is C28H29N3O3. The lowest BCUT2D eigenvalue weighted by Crippen LogP contribution is -2.14. The van der Waals surface area contributed by atoms with Crippen LogP contribution < -0.4 is 11.1 Å². The largest absolute Gasteiger partial charge is 0.386 e. The maximum atomic E-state index is 12.2. The molecule has 0 bridgehead atoms. The summed E-state index contributed by atoms with van der Waals surface area (Å²) < 4.78 is 0. The summed E-state index contributed by atoms with van der Waals surface area (Å²) in [5.41, 5.74) is 11.5. The van der Waals surface area contributed by atoms with Crippen molar-refractivity contribution in [1.29, 1.82) is 0 Å². The third-order valence-electron chi connectivity index (χ3n) is 6.11. The third-order valence-corrected chi connectivity index (χ3v) is 6.11. The Kier molecular flexibility index (Phi) is 6.02. The first-order valence-electron chi connectivity index (χ1n) is 11.2. The number of rotatable bonds is 6. The molecule has 0 saturated heterocycles. The van der Waals surface area contributed by atoms with E-state index in [0.29, 0.717) is 0 Å². The van der Waals surface area contributed by atoms with Gasteiger partial charge in [-0.1, -0.05) is 42.5 Å². The topological polar surface area (TPSA) is 108 Å². The van der Waals surface area contributed by atoms with Gasteiger partial charge in [0.2, 0.25) is 11.8 Å². The van der Waals surface area contributed by atoms with Crippen molar-refractivity contribution in [3.8, 4) is 11.1 Å². The molecule has 174 valence electrons. The molecule has 3 aromatic carbocycles. The van der Waals surface area contributed by atoms with Crippen LogP contribution in [0.15, 0.2) is 60.7 Å². The number of H-pyrrole nitrogens is 1. The van der Waals surface area contributed by atoms with Crippen LogP contribution in [-0.4, -0.2) is 21.9 Å². The van der Waals surface area contributed by atoms with Crippen LogP contribution in [0.1, 0.15) is 37.5 Å². The first-order valence-corrected chi connectivity index (χ1v) is 11.2. The van der Waals surface area contributed by atoms with Gasteiger partial charge in [0.15, 0.2) is 0 Å². The Bertz CT molecular complexity index is 1460. The van der Waals surface area contributed by atoms with E-state index >= 15 is 0 Å². The second-order valence-electron chi connectivity index (χ2n) is 9.08. The fourth-order valence-electron chi connectivity index (χ4n) is 4.40. The molecule has 4 aromatic rings. The van der Waals surface area contributed by atoms with Crippen molar-refractivity contribution in [2.24, 2.45) is 5.73 Å². The number of hydrogen-bond donors (Lipinski definition) is 4. The number of aliphatic hydroxyl groups is 1. The molecule has 5 N–H and O–H groups in total. The van der Waals surface area contributed by atoms with Gasteiger partial charge in [0.25, 0.3) is 0 Å². The molecular weight excluding hydrogens is 426 g/mol. The summed E-state index contributed by atoms with van der Waals surface area (Å²) in [6.07, 6.45) is 3.30. The fraction of sp³-hybridized carbons (Fsp3) is 0.214. The predicted octanol–water partition coefficient (Wildman–Crippen LogP) is 5.07. The molecule has 0 saturated carbocycles. The number of carbonyl (C=O) groups excluding carboxylic acids is 2. The van der Waals surface area contributed by atoms with E-state index in [1.54, 1.807) is 26.8 Å². The molecule has 0 atom stereocenters. The SMILES string of the molecule is C/C=C/C(=O)Nc1cccc(-c2ccc(CC(N)=O)c3[nH]c4cc(C(C)(C)O)ccc4c23)c1C.